The van der Waals surface area contributed by atoms with E-state index in [1.165, 1.54) is 28.7 Å². The van der Waals surface area contributed by atoms with Crippen LogP contribution in [0, 0.1) is 17.8 Å². The fourth-order valence-electron chi connectivity index (χ4n) is 8.79. The Kier molecular flexibility index (Phi) is 7.14. The minimum Gasteiger partial charge on any atom is -0.235 e. The lowest BCUT2D eigenvalue weighted by Crippen LogP contribution is -2.33. The molecule has 3 aromatic carbocycles. The first-order valence-corrected chi connectivity index (χ1v) is 19.3. The van der Waals surface area contributed by atoms with E-state index < -0.39 is 10.0 Å². The van der Waals surface area contributed by atoms with Gasteiger partial charge in [-0.1, -0.05) is 117 Å². The predicted octanol–water partition coefficient (Wildman–Crippen LogP) is 11.2. The van der Waals surface area contributed by atoms with Crippen LogP contribution in [0.4, 0.5) is 0 Å². The average Bonchev–Trinajstić information content (AvgIpc) is 3.51. The van der Waals surface area contributed by atoms with E-state index in [0.717, 1.165) is 22.3 Å². The normalized spacial score (nSPS) is 29.8. The molecule has 0 saturated heterocycles. The summed E-state index contributed by atoms with van der Waals surface area (Å²) in [6.45, 7) is 21.8. The molecule has 7 unspecified atom stereocenters. The summed E-state index contributed by atoms with van der Waals surface area (Å²) in [6.07, 6.45) is 6.64. The van der Waals surface area contributed by atoms with E-state index in [9.17, 15) is 0 Å². The molecule has 0 bridgehead atoms. The van der Waals surface area contributed by atoms with Gasteiger partial charge in [0.2, 0.25) is 0 Å². The van der Waals surface area contributed by atoms with E-state index in [4.69, 9.17) is 0 Å². The number of thioether (sulfide) groups is 1. The fourth-order valence-corrected chi connectivity index (χ4v) is 16.2. The van der Waals surface area contributed by atoms with Gasteiger partial charge in [-0.3, -0.25) is 0 Å². The summed E-state index contributed by atoms with van der Waals surface area (Å²) >= 11 is 2.22. The summed E-state index contributed by atoms with van der Waals surface area (Å²) in [4.78, 5) is 1.55. The topological polar surface area (TPSA) is 0 Å². The summed E-state index contributed by atoms with van der Waals surface area (Å²) < 4.78 is 0. The highest BCUT2D eigenvalue weighted by Gasteiger charge is 2.57. The zero-order chi connectivity index (χ0) is 29.6. The van der Waals surface area contributed by atoms with Crippen molar-refractivity contribution in [3.8, 4) is 11.1 Å². The Morgan fingerprint density at radius 3 is 1.98 bits per heavy atom. The molecule has 1 heterocycles. The van der Waals surface area contributed by atoms with Crippen molar-refractivity contribution in [1.29, 1.82) is 0 Å². The minimum absolute atomic E-state index is 0.123. The smallest absolute Gasteiger partial charge is 0.0273 e. The van der Waals surface area contributed by atoms with Crippen molar-refractivity contribution < 1.29 is 0 Å². The van der Waals surface area contributed by atoms with Gasteiger partial charge in [0, 0.05) is 26.6 Å². The van der Waals surface area contributed by atoms with Crippen molar-refractivity contribution in [1.82, 2.24) is 0 Å². The molecule has 1 fully saturated rings. The van der Waals surface area contributed by atoms with Crippen LogP contribution in [-0.4, -0.2) is 23.0 Å². The first kappa shape index (κ1) is 29.4. The average molecular weight is 585 g/mol. The van der Waals surface area contributed by atoms with Crippen molar-refractivity contribution in [2.75, 3.05) is 12.5 Å². The third-order valence-electron chi connectivity index (χ3n) is 11.0. The van der Waals surface area contributed by atoms with Gasteiger partial charge in [0.05, 0.1) is 0 Å². The van der Waals surface area contributed by atoms with Crippen LogP contribution >= 0.6 is 21.8 Å². The Morgan fingerprint density at radius 2 is 1.34 bits per heavy atom. The first-order valence-electron chi connectivity index (χ1n) is 15.9. The van der Waals surface area contributed by atoms with Crippen LogP contribution in [0.5, 0.6) is 0 Å². The standard InChI is InChI=1S/C39H52S2/c1-23-19-32-29(26-20-27(38(4,5)6)22-28(21-26)39(7,8)9)16-14-17-30(32)36(23)41(10,11)37-25(3)24(2)34-31-15-12-13-18-33(31)40-35(34)37/h12-18,20-25,34-37H,19H2,1-11H3. The lowest BCUT2D eigenvalue weighted by atomic mass is 9.78. The van der Waals surface area contributed by atoms with E-state index in [1.807, 2.05) is 0 Å². The molecule has 0 aromatic heterocycles. The summed E-state index contributed by atoms with van der Waals surface area (Å²) in [5, 5.41) is 2.16. The van der Waals surface area contributed by atoms with Gasteiger partial charge in [0.25, 0.3) is 0 Å². The van der Waals surface area contributed by atoms with Crippen molar-refractivity contribution in [2.24, 2.45) is 17.8 Å². The van der Waals surface area contributed by atoms with Crippen LogP contribution in [0.2, 0.25) is 0 Å². The molecule has 3 aliphatic rings. The SMILES string of the molecule is CC1Cc2c(-c3cc(C(C)(C)C)cc(C(C)(C)C)c3)cccc2C1S(C)(C)C1C(C)C(C)C2c3ccccc3SC21. The molecule has 3 aromatic rings. The summed E-state index contributed by atoms with van der Waals surface area (Å²) in [6, 6.07) is 24.1. The molecule has 0 spiro atoms. The number of fused-ring (bicyclic) bond motifs is 4. The van der Waals surface area contributed by atoms with Crippen LogP contribution < -0.4 is 0 Å². The highest BCUT2D eigenvalue weighted by molar-refractivity contribution is 8.33. The first-order chi connectivity index (χ1) is 19.1. The van der Waals surface area contributed by atoms with Gasteiger partial charge in [0.15, 0.2) is 0 Å². The molecule has 0 amide bonds. The summed E-state index contributed by atoms with van der Waals surface area (Å²) in [5.41, 5.74) is 11.0. The van der Waals surface area contributed by atoms with Crippen LogP contribution in [0.15, 0.2) is 65.6 Å². The van der Waals surface area contributed by atoms with Gasteiger partial charge in [-0.25, -0.2) is 10.0 Å². The largest absolute Gasteiger partial charge is 0.235 e. The van der Waals surface area contributed by atoms with Gasteiger partial charge >= 0.3 is 0 Å². The van der Waals surface area contributed by atoms with Crippen molar-refractivity contribution in [3.05, 3.63) is 88.5 Å². The van der Waals surface area contributed by atoms with Crippen molar-refractivity contribution in [2.45, 2.75) is 106 Å². The lowest BCUT2D eigenvalue weighted by molar-refractivity contribution is 0.424. The van der Waals surface area contributed by atoms with Crippen LogP contribution in [0.3, 0.4) is 0 Å². The number of hydrogen-bond acceptors (Lipinski definition) is 1. The molecule has 2 heteroatoms. The highest BCUT2D eigenvalue weighted by Crippen LogP contribution is 2.73. The molecular weight excluding hydrogens is 533 g/mol. The maximum Gasteiger partial charge on any atom is 0.0273 e. The summed E-state index contributed by atoms with van der Waals surface area (Å²) in [7, 11) is -0.938. The Morgan fingerprint density at radius 1 is 0.732 bits per heavy atom. The van der Waals surface area contributed by atoms with Crippen molar-refractivity contribution >= 4 is 21.8 Å². The van der Waals surface area contributed by atoms with Gasteiger partial charge in [-0.15, -0.1) is 11.8 Å². The zero-order valence-electron chi connectivity index (χ0n) is 27.3. The number of rotatable bonds is 3. The van der Waals surface area contributed by atoms with E-state index >= 15 is 0 Å². The van der Waals surface area contributed by atoms with Crippen LogP contribution in [-0.2, 0) is 17.3 Å². The second-order valence-electron chi connectivity index (χ2n) is 16.1. The molecule has 7 atom stereocenters. The Labute approximate surface area is 256 Å². The third-order valence-corrected chi connectivity index (χ3v) is 16.8. The Hall–Kier alpha value is -1.64. The Balaban J connectivity index is 1.43. The molecule has 1 saturated carbocycles. The maximum absolute atomic E-state index is 2.72. The van der Waals surface area contributed by atoms with E-state index in [1.54, 1.807) is 21.6 Å². The van der Waals surface area contributed by atoms with Gasteiger partial charge in [-0.05, 0) is 92.5 Å². The van der Waals surface area contributed by atoms with Crippen LogP contribution in [0.25, 0.3) is 11.1 Å². The molecule has 0 N–H and O–H groups in total. The zero-order valence-corrected chi connectivity index (χ0v) is 29.0. The molecular formula is C39H52S2. The van der Waals surface area contributed by atoms with Crippen LogP contribution in [0.1, 0.15) is 101 Å². The fraction of sp³-hybridized carbons (Fsp3) is 0.538. The van der Waals surface area contributed by atoms with Gasteiger partial charge < -0.3 is 0 Å². The molecule has 2 aliphatic carbocycles. The molecule has 1 aliphatic heterocycles. The number of benzene rings is 3. The van der Waals surface area contributed by atoms with Crippen molar-refractivity contribution in [3.63, 3.8) is 0 Å². The quantitative estimate of drug-likeness (QED) is 0.295. The lowest BCUT2D eigenvalue weighted by Gasteiger charge is -2.49. The highest BCUT2D eigenvalue weighted by atomic mass is 32.3. The second kappa shape index (κ2) is 9.95. The van der Waals surface area contributed by atoms with Gasteiger partial charge in [-0.2, -0.15) is 0 Å². The monoisotopic (exact) mass is 584 g/mol. The summed E-state index contributed by atoms with van der Waals surface area (Å²) in [5.74, 6) is 2.89. The third kappa shape index (κ3) is 4.75. The maximum atomic E-state index is 2.72. The predicted molar refractivity (Wildman–Crippen MR) is 185 cm³/mol. The van der Waals surface area contributed by atoms with E-state index in [0.29, 0.717) is 17.1 Å². The molecule has 6 rings (SSSR count). The molecule has 0 nitrogen and oxygen atoms in total. The van der Waals surface area contributed by atoms with Gasteiger partial charge in [0.1, 0.15) is 0 Å². The molecule has 220 valence electrons. The minimum atomic E-state index is -0.938. The second-order valence-corrected chi connectivity index (χ2v) is 21.3. The Bertz CT molecular complexity index is 1430. The van der Waals surface area contributed by atoms with E-state index in [2.05, 4.69) is 147 Å². The molecule has 0 radical (unpaired) electrons. The van der Waals surface area contributed by atoms with E-state index in [-0.39, 0.29) is 10.8 Å². The molecule has 41 heavy (non-hydrogen) atoms. The number of hydrogen-bond donors (Lipinski definition) is 0.